The number of hydrogen-bond donors (Lipinski definition) is 0. The molecular weight excluding hydrogens is 456 g/mol. The minimum absolute atomic E-state index is 0. The van der Waals surface area contributed by atoms with E-state index in [0.717, 1.165) is 54.8 Å². The number of ketones is 1. The van der Waals surface area contributed by atoms with Crippen LogP contribution in [0.1, 0.15) is 139 Å². The second-order valence-corrected chi connectivity index (χ2v) is 14.2. The van der Waals surface area contributed by atoms with E-state index in [9.17, 15) is 9.59 Å². The Labute approximate surface area is 229 Å². The molecule has 3 heteroatoms. The first kappa shape index (κ1) is 30.4. The number of carbonyl (C=O) groups is 2. The van der Waals surface area contributed by atoms with Crippen molar-refractivity contribution >= 4 is 11.8 Å². The topological polar surface area (TPSA) is 43.4 Å². The maximum absolute atomic E-state index is 12.2. The van der Waals surface area contributed by atoms with Gasteiger partial charge in [-0.25, -0.2) is 0 Å². The summed E-state index contributed by atoms with van der Waals surface area (Å²) in [4.78, 5) is 23.5. The Kier molecular flexibility index (Phi) is 10.2. The molecule has 3 nitrogen and oxygen atoms in total. The molecule has 0 heterocycles. The molecule has 0 N–H and O–H groups in total. The van der Waals surface area contributed by atoms with Crippen LogP contribution in [0.25, 0.3) is 0 Å². The molecule has 8 atom stereocenters. The number of esters is 1. The molecule has 0 aromatic heterocycles. The lowest BCUT2D eigenvalue weighted by Crippen LogP contribution is -2.51. The van der Waals surface area contributed by atoms with E-state index in [0.29, 0.717) is 11.8 Å². The normalized spacial score (nSPS) is 37.5. The third-order valence-corrected chi connectivity index (χ3v) is 11.5. The Bertz CT molecular complexity index is 827. The zero-order valence-corrected chi connectivity index (χ0v) is 24.2. The van der Waals surface area contributed by atoms with E-state index in [1.165, 1.54) is 57.8 Å². The van der Waals surface area contributed by atoms with Gasteiger partial charge in [-0.3, -0.25) is 4.79 Å². The number of hydrogen-bond acceptors (Lipinski definition) is 3. The van der Waals surface area contributed by atoms with Crippen molar-refractivity contribution in [2.75, 3.05) is 0 Å². The number of unbranched alkanes of at least 4 members (excludes halogenated alkanes) is 1. The molecule has 3 saturated carbocycles. The van der Waals surface area contributed by atoms with Gasteiger partial charge in [0.25, 0.3) is 0 Å². The second-order valence-electron chi connectivity index (χ2n) is 14.2. The summed E-state index contributed by atoms with van der Waals surface area (Å²) in [6.45, 7) is 14.0. The van der Waals surface area contributed by atoms with Crippen molar-refractivity contribution in [2.24, 2.45) is 46.3 Å². The van der Waals surface area contributed by atoms with Gasteiger partial charge in [0, 0.05) is 12.8 Å². The summed E-state index contributed by atoms with van der Waals surface area (Å²) in [6, 6.07) is 0. The first-order valence-electron chi connectivity index (χ1n) is 15.4. The monoisotopic (exact) mass is 514 g/mol. The minimum atomic E-state index is -0.197. The summed E-state index contributed by atoms with van der Waals surface area (Å²) in [5.41, 5.74) is 2.38. The maximum atomic E-state index is 12.2. The molecule has 0 bridgehead atoms. The molecule has 4 aliphatic rings. The van der Waals surface area contributed by atoms with Crippen LogP contribution in [-0.2, 0) is 14.3 Å². The zero-order chi connectivity index (χ0) is 26.1. The average molecular weight is 515 g/mol. The summed E-state index contributed by atoms with van der Waals surface area (Å²) in [5, 5.41) is 0. The summed E-state index contributed by atoms with van der Waals surface area (Å²) < 4.78 is 5.82. The Morgan fingerprint density at radius 1 is 0.973 bits per heavy atom. The molecule has 0 unspecified atom stereocenters. The van der Waals surface area contributed by atoms with E-state index in [2.05, 4.69) is 40.7 Å². The predicted octanol–water partition coefficient (Wildman–Crippen LogP) is 9.34. The molecule has 4 rings (SSSR count). The van der Waals surface area contributed by atoms with Gasteiger partial charge in [-0.1, -0.05) is 79.4 Å². The third-order valence-electron chi connectivity index (χ3n) is 11.5. The lowest BCUT2D eigenvalue weighted by Gasteiger charge is -2.58. The highest BCUT2D eigenvalue weighted by Crippen LogP contribution is 2.67. The van der Waals surface area contributed by atoms with Gasteiger partial charge < -0.3 is 9.53 Å². The van der Waals surface area contributed by atoms with Gasteiger partial charge in [-0.15, -0.1) is 0 Å². The molecule has 0 spiro atoms. The largest absolute Gasteiger partial charge is 0.462 e. The molecule has 3 fully saturated rings. The number of fused-ring (bicyclic) bond motifs is 5. The van der Waals surface area contributed by atoms with Crippen molar-refractivity contribution in [3.05, 3.63) is 11.6 Å². The van der Waals surface area contributed by atoms with Crippen LogP contribution in [0.4, 0.5) is 0 Å². The summed E-state index contributed by atoms with van der Waals surface area (Å²) in [5.74, 6) is 4.99. The molecule has 0 amide bonds. The Hall–Kier alpha value is -1.12. The highest BCUT2D eigenvalue weighted by Gasteiger charge is 2.59. The molecule has 0 aliphatic heterocycles. The lowest BCUT2D eigenvalue weighted by atomic mass is 9.47. The van der Waals surface area contributed by atoms with E-state index >= 15 is 0 Å². The summed E-state index contributed by atoms with van der Waals surface area (Å²) >= 11 is 0. The van der Waals surface area contributed by atoms with Crippen molar-refractivity contribution in [3.63, 3.8) is 0 Å². The molecule has 0 saturated heterocycles. The number of ether oxygens (including phenoxy) is 1. The Morgan fingerprint density at radius 2 is 1.70 bits per heavy atom. The first-order chi connectivity index (χ1) is 17.0. The fraction of sp³-hybridized carbons (Fsp3) is 0.882. The Morgan fingerprint density at radius 3 is 2.41 bits per heavy atom. The smallest absolute Gasteiger partial charge is 0.306 e. The molecule has 0 aromatic rings. The van der Waals surface area contributed by atoms with E-state index in [1.54, 1.807) is 12.5 Å². The van der Waals surface area contributed by atoms with E-state index < -0.39 is 0 Å². The fourth-order valence-electron chi connectivity index (χ4n) is 9.45. The maximum Gasteiger partial charge on any atom is 0.306 e. The highest BCUT2D eigenvalue weighted by atomic mass is 16.5. The van der Waals surface area contributed by atoms with E-state index in [1.807, 2.05) is 0 Å². The quantitative estimate of drug-likeness (QED) is 0.166. The number of allylic oxidation sites excluding steroid dienone is 1. The summed E-state index contributed by atoms with van der Waals surface area (Å²) in [6.07, 6.45) is 18.6. The zero-order valence-electron chi connectivity index (χ0n) is 24.2. The average Bonchev–Trinajstić information content (AvgIpc) is 3.18. The van der Waals surface area contributed by atoms with Crippen molar-refractivity contribution < 1.29 is 14.3 Å². The predicted molar refractivity (Wildman–Crippen MR) is 154 cm³/mol. The summed E-state index contributed by atoms with van der Waals surface area (Å²) in [7, 11) is 0. The van der Waals surface area contributed by atoms with Gasteiger partial charge >= 0.3 is 5.97 Å². The first-order valence-corrected chi connectivity index (χ1v) is 15.4. The second kappa shape index (κ2) is 12.4. The van der Waals surface area contributed by atoms with Gasteiger partial charge in [0.05, 0.1) is 6.42 Å². The molecule has 4 aliphatic carbocycles. The van der Waals surface area contributed by atoms with Gasteiger partial charge in [0.15, 0.2) is 0 Å². The fourth-order valence-corrected chi connectivity index (χ4v) is 9.45. The van der Waals surface area contributed by atoms with Crippen LogP contribution in [0, 0.1) is 46.3 Å². The molecule has 0 aromatic carbocycles. The van der Waals surface area contributed by atoms with Crippen LogP contribution in [0.3, 0.4) is 0 Å². The van der Waals surface area contributed by atoms with Crippen LogP contribution >= 0.6 is 0 Å². The van der Waals surface area contributed by atoms with Gasteiger partial charge in [0.1, 0.15) is 11.9 Å². The number of Topliss-reactive ketones (excluding diaryl/α,β-unsaturated/α-hetero) is 1. The number of rotatable bonds is 10. The Balaban J connectivity index is 0.00000380. The van der Waals surface area contributed by atoms with Crippen LogP contribution in [0.5, 0.6) is 0 Å². The highest BCUT2D eigenvalue weighted by molar-refractivity contribution is 5.81. The van der Waals surface area contributed by atoms with Gasteiger partial charge in [0.2, 0.25) is 0 Å². The van der Waals surface area contributed by atoms with Gasteiger partial charge in [-0.05, 0) is 98.2 Å². The van der Waals surface area contributed by atoms with Crippen LogP contribution < -0.4 is 0 Å². The lowest BCUT2D eigenvalue weighted by molar-refractivity contribution is -0.152. The van der Waals surface area contributed by atoms with Gasteiger partial charge in [-0.2, -0.15) is 0 Å². The van der Waals surface area contributed by atoms with Crippen LogP contribution in [0.2, 0.25) is 0 Å². The molecule has 212 valence electrons. The van der Waals surface area contributed by atoms with Crippen LogP contribution in [-0.4, -0.2) is 17.9 Å². The SMILES string of the molecule is C.CC(=O)CCC(=O)O[C@H]1CC[C@@]2(C)C(=CC[C@H]3[C@@H]4CC[C@H]([C@H](C)CCCCC(C)C)[C@@]4(C)CC[C@@H]32)C1. The molecule has 0 radical (unpaired) electrons. The standard InChI is InChI=1S/C33H54O3.CH4/c1-22(2)9-7-8-10-23(3)28-14-15-29-27-13-12-25-21-26(36-31(35)16-11-24(4)34)17-19-32(25,5)30(27)18-20-33(28,29)6;/h12,22-23,26-30H,7-11,13-21H2,1-6H3;1H4/t23-,26+,27+,28-,29+,30+,32+,33-;/m1./s1. The molecule has 37 heavy (non-hydrogen) atoms. The van der Waals surface area contributed by atoms with E-state index in [4.69, 9.17) is 4.74 Å². The minimum Gasteiger partial charge on any atom is -0.462 e. The molecular formula is C34H58O3. The van der Waals surface area contributed by atoms with Crippen molar-refractivity contribution in [2.45, 2.75) is 145 Å². The van der Waals surface area contributed by atoms with Crippen molar-refractivity contribution in [1.82, 2.24) is 0 Å². The van der Waals surface area contributed by atoms with Crippen molar-refractivity contribution in [1.29, 1.82) is 0 Å². The van der Waals surface area contributed by atoms with Crippen molar-refractivity contribution in [3.8, 4) is 0 Å². The number of carbonyl (C=O) groups excluding carboxylic acids is 2. The van der Waals surface area contributed by atoms with Crippen LogP contribution in [0.15, 0.2) is 11.6 Å². The third kappa shape index (κ3) is 6.38. The van der Waals surface area contributed by atoms with E-state index in [-0.39, 0.29) is 37.1 Å².